The molecule has 1 aromatic heterocycles. The number of hydrazone groups is 1. The topological polar surface area (TPSA) is 62.6 Å². The number of aromatic nitrogens is 2. The van der Waals surface area contributed by atoms with E-state index < -0.39 is 0 Å². The predicted molar refractivity (Wildman–Crippen MR) is 133 cm³/mol. The molecular formula is C27H31N5O. The van der Waals surface area contributed by atoms with Crippen molar-refractivity contribution in [3.8, 4) is 0 Å². The number of morpholine rings is 1. The number of anilines is 2. The zero-order chi connectivity index (χ0) is 22.5. The maximum Gasteiger partial charge on any atom is 0.245 e. The highest BCUT2D eigenvalue weighted by Gasteiger charge is 2.29. The minimum absolute atomic E-state index is 0.572. The minimum Gasteiger partial charge on any atom is -0.378 e. The molecule has 0 bridgehead atoms. The molecule has 0 amide bonds. The van der Waals surface area contributed by atoms with Crippen LogP contribution in [0.4, 0.5) is 11.8 Å². The van der Waals surface area contributed by atoms with Gasteiger partial charge >= 0.3 is 0 Å². The number of nitrogens with zero attached hydrogens (tertiary/aromatic N) is 4. The number of fused-ring (bicyclic) bond motifs is 1. The fraction of sp³-hybridized carbons (Fsp3) is 0.370. The van der Waals surface area contributed by atoms with E-state index in [1.807, 2.05) is 18.3 Å². The van der Waals surface area contributed by atoms with E-state index in [-0.39, 0.29) is 0 Å². The highest BCUT2D eigenvalue weighted by Crippen LogP contribution is 2.35. The molecule has 1 fully saturated rings. The maximum absolute atomic E-state index is 5.58. The largest absolute Gasteiger partial charge is 0.378 e. The summed E-state index contributed by atoms with van der Waals surface area (Å²) in [5, 5.41) is 4.42. The van der Waals surface area contributed by atoms with E-state index in [9.17, 15) is 0 Å². The van der Waals surface area contributed by atoms with E-state index in [4.69, 9.17) is 14.7 Å². The first-order valence-electron chi connectivity index (χ1n) is 11.9. The van der Waals surface area contributed by atoms with Crippen molar-refractivity contribution in [2.24, 2.45) is 11.0 Å². The van der Waals surface area contributed by atoms with E-state index in [2.05, 4.69) is 64.8 Å². The second-order valence-electron chi connectivity index (χ2n) is 8.98. The smallest absolute Gasteiger partial charge is 0.245 e. The van der Waals surface area contributed by atoms with Crippen LogP contribution in [0, 0.1) is 12.8 Å². The monoisotopic (exact) mass is 441 g/mol. The predicted octanol–water partition coefficient (Wildman–Crippen LogP) is 4.42. The summed E-state index contributed by atoms with van der Waals surface area (Å²) in [5.74, 6) is 2.22. The Balaban J connectivity index is 1.33. The van der Waals surface area contributed by atoms with Crippen LogP contribution in [0.15, 0.2) is 59.7 Å². The first-order valence-corrected chi connectivity index (χ1v) is 11.9. The van der Waals surface area contributed by atoms with E-state index in [1.54, 1.807) is 0 Å². The molecule has 5 rings (SSSR count). The van der Waals surface area contributed by atoms with Crippen LogP contribution in [0.2, 0.25) is 0 Å². The Hall–Kier alpha value is -3.25. The van der Waals surface area contributed by atoms with Crippen molar-refractivity contribution in [2.75, 3.05) is 36.6 Å². The molecule has 33 heavy (non-hydrogen) atoms. The van der Waals surface area contributed by atoms with Gasteiger partial charge in [0.2, 0.25) is 5.95 Å². The SMILES string of the molecule is Cc1cccc(/C=N/Nc2nc3c(c(N4CCOCC4)n2)CC(CCc2ccccc2)C3)c1. The quantitative estimate of drug-likeness (QED) is 0.435. The lowest BCUT2D eigenvalue weighted by molar-refractivity contribution is 0.122. The standard InChI is InChI=1S/C27H31N5O/c1-20-6-5-9-23(16-20)19-28-31-27-29-25-18-22(11-10-21-7-3-2-4-8-21)17-24(25)26(30-27)32-12-14-33-15-13-32/h2-9,16,19,22H,10-15,17-18H2,1H3,(H,29,30,31)/b28-19+. The van der Waals surface area contributed by atoms with Gasteiger partial charge in [-0.05, 0) is 49.7 Å². The number of hydrogen-bond donors (Lipinski definition) is 1. The fourth-order valence-corrected chi connectivity index (χ4v) is 4.75. The van der Waals surface area contributed by atoms with E-state index in [0.29, 0.717) is 11.9 Å². The van der Waals surface area contributed by atoms with Crippen molar-refractivity contribution in [3.63, 3.8) is 0 Å². The Morgan fingerprint density at radius 3 is 2.73 bits per heavy atom. The van der Waals surface area contributed by atoms with Crippen molar-refractivity contribution in [2.45, 2.75) is 32.6 Å². The van der Waals surface area contributed by atoms with Gasteiger partial charge in [0, 0.05) is 18.7 Å². The molecule has 2 aromatic carbocycles. The third-order valence-corrected chi connectivity index (χ3v) is 6.46. The summed E-state index contributed by atoms with van der Waals surface area (Å²) in [5.41, 5.74) is 9.23. The van der Waals surface area contributed by atoms with Crippen molar-refractivity contribution in [1.29, 1.82) is 0 Å². The molecule has 0 saturated carbocycles. The van der Waals surface area contributed by atoms with E-state index in [0.717, 1.165) is 69.1 Å². The average Bonchev–Trinajstić information content (AvgIpc) is 3.26. The molecule has 1 atom stereocenters. The van der Waals surface area contributed by atoms with Crippen LogP contribution in [0.25, 0.3) is 0 Å². The molecule has 1 saturated heterocycles. The van der Waals surface area contributed by atoms with Crippen molar-refractivity contribution in [3.05, 3.63) is 82.5 Å². The molecule has 2 aliphatic rings. The molecular weight excluding hydrogens is 410 g/mol. The fourth-order valence-electron chi connectivity index (χ4n) is 4.75. The number of hydrogen-bond acceptors (Lipinski definition) is 6. The van der Waals surface area contributed by atoms with Gasteiger partial charge in [0.25, 0.3) is 0 Å². The van der Waals surface area contributed by atoms with Crippen LogP contribution >= 0.6 is 0 Å². The average molecular weight is 442 g/mol. The highest BCUT2D eigenvalue weighted by atomic mass is 16.5. The first-order chi connectivity index (χ1) is 16.2. The van der Waals surface area contributed by atoms with Gasteiger partial charge in [-0.3, -0.25) is 0 Å². The van der Waals surface area contributed by atoms with E-state index >= 15 is 0 Å². The van der Waals surface area contributed by atoms with E-state index in [1.165, 1.54) is 16.7 Å². The van der Waals surface area contributed by atoms with Crippen LogP contribution in [-0.4, -0.2) is 42.5 Å². The van der Waals surface area contributed by atoms with Crippen molar-refractivity contribution < 1.29 is 4.74 Å². The second kappa shape index (κ2) is 10.1. The van der Waals surface area contributed by atoms with Crippen LogP contribution in [0.5, 0.6) is 0 Å². The lowest BCUT2D eigenvalue weighted by atomic mass is 9.97. The van der Waals surface area contributed by atoms with Gasteiger partial charge in [0.15, 0.2) is 0 Å². The number of aryl methyl sites for hydroxylation is 2. The maximum atomic E-state index is 5.58. The van der Waals surface area contributed by atoms with Crippen molar-refractivity contribution >= 4 is 18.0 Å². The lowest BCUT2D eigenvalue weighted by Gasteiger charge is -2.29. The van der Waals surface area contributed by atoms with Gasteiger partial charge in [-0.15, -0.1) is 0 Å². The van der Waals surface area contributed by atoms with Gasteiger partial charge in [-0.2, -0.15) is 10.1 Å². The van der Waals surface area contributed by atoms with Gasteiger partial charge < -0.3 is 9.64 Å². The lowest BCUT2D eigenvalue weighted by Crippen LogP contribution is -2.37. The Morgan fingerprint density at radius 1 is 1.06 bits per heavy atom. The Bertz CT molecular complexity index is 1110. The third-order valence-electron chi connectivity index (χ3n) is 6.46. The van der Waals surface area contributed by atoms with Crippen LogP contribution in [0.1, 0.15) is 34.4 Å². The second-order valence-corrected chi connectivity index (χ2v) is 8.98. The molecule has 1 unspecified atom stereocenters. The Kier molecular flexibility index (Phi) is 6.63. The molecule has 3 aromatic rings. The summed E-state index contributed by atoms with van der Waals surface area (Å²) >= 11 is 0. The molecule has 6 heteroatoms. The van der Waals surface area contributed by atoms with Crippen LogP contribution < -0.4 is 10.3 Å². The van der Waals surface area contributed by atoms with Gasteiger partial charge in [0.05, 0.1) is 25.1 Å². The van der Waals surface area contributed by atoms with Crippen molar-refractivity contribution in [1.82, 2.24) is 9.97 Å². The first kappa shape index (κ1) is 21.6. The molecule has 1 aliphatic carbocycles. The summed E-state index contributed by atoms with van der Waals surface area (Å²) in [6, 6.07) is 19.0. The number of benzene rings is 2. The summed E-state index contributed by atoms with van der Waals surface area (Å²) in [6.45, 7) is 5.29. The Morgan fingerprint density at radius 2 is 1.91 bits per heavy atom. The molecule has 2 heterocycles. The normalized spacial score (nSPS) is 18.0. The summed E-state index contributed by atoms with van der Waals surface area (Å²) in [7, 11) is 0. The van der Waals surface area contributed by atoms with Crippen LogP contribution in [-0.2, 0) is 24.0 Å². The number of rotatable bonds is 7. The number of nitrogens with one attached hydrogen (secondary N) is 1. The van der Waals surface area contributed by atoms with Gasteiger partial charge in [-0.1, -0.05) is 60.2 Å². The minimum atomic E-state index is 0.572. The van der Waals surface area contributed by atoms with Gasteiger partial charge in [0.1, 0.15) is 5.82 Å². The Labute approximate surface area is 195 Å². The summed E-state index contributed by atoms with van der Waals surface area (Å²) in [4.78, 5) is 12.1. The highest BCUT2D eigenvalue weighted by molar-refractivity contribution is 5.80. The zero-order valence-electron chi connectivity index (χ0n) is 19.2. The molecule has 0 spiro atoms. The number of ether oxygens (including phenoxy) is 1. The molecule has 170 valence electrons. The molecule has 6 nitrogen and oxygen atoms in total. The summed E-state index contributed by atoms with van der Waals surface area (Å²) in [6.07, 6.45) is 6.13. The molecule has 1 N–H and O–H groups in total. The third kappa shape index (κ3) is 5.40. The zero-order valence-corrected chi connectivity index (χ0v) is 19.2. The van der Waals surface area contributed by atoms with Crippen LogP contribution in [0.3, 0.4) is 0 Å². The summed E-state index contributed by atoms with van der Waals surface area (Å²) < 4.78 is 5.58. The van der Waals surface area contributed by atoms with Gasteiger partial charge in [-0.25, -0.2) is 10.4 Å². The molecule has 0 radical (unpaired) electrons. The molecule has 1 aliphatic heterocycles.